The van der Waals surface area contributed by atoms with Crippen LogP contribution in [0.15, 0.2) is 42.9 Å². The largest absolute Gasteiger partial charge is 0.346 e. The topological polar surface area (TPSA) is 72.3 Å². The highest BCUT2D eigenvalue weighted by molar-refractivity contribution is 5.89. The van der Waals surface area contributed by atoms with Crippen LogP contribution in [0, 0.1) is 12.7 Å². The van der Waals surface area contributed by atoms with Crippen LogP contribution in [0.3, 0.4) is 0 Å². The third kappa shape index (κ3) is 2.36. The van der Waals surface area contributed by atoms with E-state index in [1.165, 1.54) is 18.5 Å². The van der Waals surface area contributed by atoms with Crippen molar-refractivity contribution in [2.24, 2.45) is 0 Å². The summed E-state index contributed by atoms with van der Waals surface area (Å²) in [5.74, 6) is -0.249. The highest BCUT2D eigenvalue weighted by Crippen LogP contribution is 2.25. The van der Waals surface area contributed by atoms with Crippen LogP contribution in [0.25, 0.3) is 22.4 Å². The number of halogens is 1. The number of hydrogen-bond acceptors (Lipinski definition) is 4. The number of benzene rings is 1. The molecule has 3 aromatic heterocycles. The Morgan fingerprint density at radius 3 is 2.74 bits per heavy atom. The van der Waals surface area contributed by atoms with Crippen LogP contribution in [-0.2, 0) is 6.54 Å². The Bertz CT molecular complexity index is 970. The summed E-state index contributed by atoms with van der Waals surface area (Å²) < 4.78 is 14.8. The van der Waals surface area contributed by atoms with Gasteiger partial charge in [0.2, 0.25) is 0 Å². The maximum Gasteiger partial charge on any atom is 0.141 e. The Labute approximate surface area is 131 Å². The zero-order chi connectivity index (χ0) is 15.8. The minimum Gasteiger partial charge on any atom is -0.346 e. The molecule has 0 aliphatic rings. The van der Waals surface area contributed by atoms with Gasteiger partial charge >= 0.3 is 0 Å². The van der Waals surface area contributed by atoms with Gasteiger partial charge in [-0.15, -0.1) is 5.10 Å². The maximum atomic E-state index is 13.0. The van der Waals surface area contributed by atoms with Gasteiger partial charge in [0.15, 0.2) is 0 Å². The van der Waals surface area contributed by atoms with E-state index in [1.54, 1.807) is 16.8 Å². The molecule has 23 heavy (non-hydrogen) atoms. The van der Waals surface area contributed by atoms with Crippen molar-refractivity contribution in [2.45, 2.75) is 13.5 Å². The standard InChI is InChI=1S/C16H13FN6/c1-10-14(15-13-6-7-18-16(13)20-9-19-15)21-22-23(10)8-11-2-4-12(17)5-3-11/h2-7,9H,8H2,1H3,(H,18,19,20). The van der Waals surface area contributed by atoms with Crippen molar-refractivity contribution < 1.29 is 4.39 Å². The summed E-state index contributed by atoms with van der Waals surface area (Å²) in [6.07, 6.45) is 3.33. The number of hydrogen-bond donors (Lipinski definition) is 1. The molecule has 0 saturated heterocycles. The van der Waals surface area contributed by atoms with Gasteiger partial charge in [-0.3, -0.25) is 0 Å². The molecule has 0 spiro atoms. The number of aromatic amines is 1. The molecule has 7 heteroatoms. The van der Waals surface area contributed by atoms with Crippen molar-refractivity contribution in [1.82, 2.24) is 29.9 Å². The summed E-state index contributed by atoms with van der Waals surface area (Å²) >= 11 is 0. The molecule has 6 nitrogen and oxygen atoms in total. The number of nitrogens with one attached hydrogen (secondary N) is 1. The zero-order valence-corrected chi connectivity index (χ0v) is 12.4. The van der Waals surface area contributed by atoms with E-state index in [-0.39, 0.29) is 5.82 Å². The molecule has 1 N–H and O–H groups in total. The lowest BCUT2D eigenvalue weighted by Gasteiger charge is -2.04. The van der Waals surface area contributed by atoms with Gasteiger partial charge in [0.05, 0.1) is 12.2 Å². The Hall–Kier alpha value is -3.09. The first-order valence-electron chi connectivity index (χ1n) is 7.15. The quantitative estimate of drug-likeness (QED) is 0.631. The Morgan fingerprint density at radius 2 is 1.91 bits per heavy atom. The van der Waals surface area contributed by atoms with E-state index in [1.807, 2.05) is 19.2 Å². The van der Waals surface area contributed by atoms with Crippen molar-refractivity contribution >= 4 is 11.0 Å². The van der Waals surface area contributed by atoms with E-state index >= 15 is 0 Å². The van der Waals surface area contributed by atoms with Crippen molar-refractivity contribution in [3.05, 3.63) is 59.9 Å². The van der Waals surface area contributed by atoms with Crippen molar-refractivity contribution in [3.8, 4) is 11.4 Å². The molecular weight excluding hydrogens is 295 g/mol. The molecule has 0 saturated carbocycles. The van der Waals surface area contributed by atoms with Crippen LogP contribution in [-0.4, -0.2) is 29.9 Å². The molecule has 114 valence electrons. The first kappa shape index (κ1) is 13.6. The van der Waals surface area contributed by atoms with Crippen molar-refractivity contribution in [3.63, 3.8) is 0 Å². The van der Waals surface area contributed by atoms with Gasteiger partial charge in [-0.1, -0.05) is 17.3 Å². The second kappa shape index (κ2) is 5.28. The van der Waals surface area contributed by atoms with Gasteiger partial charge in [-0.2, -0.15) is 0 Å². The predicted molar refractivity (Wildman–Crippen MR) is 83.1 cm³/mol. The molecule has 4 rings (SSSR count). The van der Waals surface area contributed by atoms with E-state index in [2.05, 4.69) is 25.3 Å². The molecular formula is C16H13FN6. The maximum absolute atomic E-state index is 13.0. The van der Waals surface area contributed by atoms with Crippen LogP contribution in [0.4, 0.5) is 4.39 Å². The van der Waals surface area contributed by atoms with E-state index < -0.39 is 0 Å². The molecule has 3 heterocycles. The minimum atomic E-state index is -0.249. The smallest absolute Gasteiger partial charge is 0.141 e. The second-order valence-corrected chi connectivity index (χ2v) is 5.27. The fourth-order valence-corrected chi connectivity index (χ4v) is 2.55. The highest BCUT2D eigenvalue weighted by atomic mass is 19.1. The number of fused-ring (bicyclic) bond motifs is 1. The third-order valence-electron chi connectivity index (χ3n) is 3.81. The van der Waals surface area contributed by atoms with E-state index in [0.29, 0.717) is 6.54 Å². The molecule has 0 unspecified atom stereocenters. The summed E-state index contributed by atoms with van der Waals surface area (Å²) in [5, 5.41) is 9.37. The van der Waals surface area contributed by atoms with Crippen LogP contribution in [0.1, 0.15) is 11.3 Å². The van der Waals surface area contributed by atoms with Gasteiger partial charge < -0.3 is 4.98 Å². The lowest BCUT2D eigenvalue weighted by molar-refractivity contribution is 0.617. The monoisotopic (exact) mass is 308 g/mol. The molecule has 4 aromatic rings. The van der Waals surface area contributed by atoms with E-state index in [4.69, 9.17) is 0 Å². The van der Waals surface area contributed by atoms with Gasteiger partial charge in [-0.25, -0.2) is 19.0 Å². The van der Waals surface area contributed by atoms with Gasteiger partial charge in [0.1, 0.15) is 29.2 Å². The Balaban J connectivity index is 1.73. The number of aromatic nitrogens is 6. The Kier molecular flexibility index (Phi) is 3.11. The van der Waals surface area contributed by atoms with Crippen molar-refractivity contribution in [2.75, 3.05) is 0 Å². The first-order valence-corrected chi connectivity index (χ1v) is 7.15. The summed E-state index contributed by atoms with van der Waals surface area (Å²) in [6, 6.07) is 8.28. The molecule has 0 bridgehead atoms. The molecule has 0 radical (unpaired) electrons. The number of H-pyrrole nitrogens is 1. The fourth-order valence-electron chi connectivity index (χ4n) is 2.55. The van der Waals surface area contributed by atoms with Crippen LogP contribution in [0.5, 0.6) is 0 Å². The molecule has 0 aliphatic heterocycles. The summed E-state index contributed by atoms with van der Waals surface area (Å²) in [6.45, 7) is 2.47. The normalized spacial score (nSPS) is 11.2. The zero-order valence-electron chi connectivity index (χ0n) is 12.4. The summed E-state index contributed by atoms with van der Waals surface area (Å²) in [7, 11) is 0. The molecule has 0 aliphatic carbocycles. The lowest BCUT2D eigenvalue weighted by Crippen LogP contribution is -2.04. The highest BCUT2D eigenvalue weighted by Gasteiger charge is 2.15. The molecule has 1 aromatic carbocycles. The van der Waals surface area contributed by atoms with Crippen LogP contribution >= 0.6 is 0 Å². The average Bonchev–Trinajstić information content (AvgIpc) is 3.17. The molecule has 0 fully saturated rings. The first-order chi connectivity index (χ1) is 11.2. The van der Waals surface area contributed by atoms with E-state index in [0.717, 1.165) is 33.7 Å². The lowest BCUT2D eigenvalue weighted by atomic mass is 10.2. The van der Waals surface area contributed by atoms with Gasteiger partial charge in [0.25, 0.3) is 0 Å². The third-order valence-corrected chi connectivity index (χ3v) is 3.81. The summed E-state index contributed by atoms with van der Waals surface area (Å²) in [5.41, 5.74) is 4.09. The minimum absolute atomic E-state index is 0.249. The number of rotatable bonds is 3. The van der Waals surface area contributed by atoms with Crippen LogP contribution in [0.2, 0.25) is 0 Å². The van der Waals surface area contributed by atoms with Gasteiger partial charge in [0, 0.05) is 11.6 Å². The second-order valence-electron chi connectivity index (χ2n) is 5.27. The van der Waals surface area contributed by atoms with Crippen molar-refractivity contribution in [1.29, 1.82) is 0 Å². The fraction of sp³-hybridized carbons (Fsp3) is 0.125. The number of nitrogens with zero attached hydrogens (tertiary/aromatic N) is 5. The van der Waals surface area contributed by atoms with E-state index in [9.17, 15) is 4.39 Å². The summed E-state index contributed by atoms with van der Waals surface area (Å²) in [4.78, 5) is 11.6. The molecule has 0 atom stereocenters. The van der Waals surface area contributed by atoms with Gasteiger partial charge in [-0.05, 0) is 30.7 Å². The predicted octanol–water partition coefficient (Wildman–Crippen LogP) is 2.71. The van der Waals surface area contributed by atoms with Crippen LogP contribution < -0.4 is 0 Å². The Morgan fingerprint density at radius 1 is 1.09 bits per heavy atom. The average molecular weight is 308 g/mol. The SMILES string of the molecule is Cc1c(-c2ncnc3[nH]ccc23)nnn1Cc1ccc(F)cc1. The molecule has 0 amide bonds.